The van der Waals surface area contributed by atoms with E-state index in [1.54, 1.807) is 6.92 Å². The van der Waals surface area contributed by atoms with Gasteiger partial charge in [-0.15, -0.1) is 0 Å². The summed E-state index contributed by atoms with van der Waals surface area (Å²) >= 11 is 0. The summed E-state index contributed by atoms with van der Waals surface area (Å²) in [6.07, 6.45) is -1.84. The number of amides is 2. The predicted molar refractivity (Wildman–Crippen MR) is 144 cm³/mol. The summed E-state index contributed by atoms with van der Waals surface area (Å²) in [4.78, 5) is 37.6. The highest BCUT2D eigenvalue weighted by Crippen LogP contribution is 2.44. The van der Waals surface area contributed by atoms with Crippen LogP contribution < -0.4 is 10.6 Å². The van der Waals surface area contributed by atoms with Gasteiger partial charge in [0.25, 0.3) is 0 Å². The Hall–Kier alpha value is -4.21. The number of aliphatic carboxylic acids is 1. The van der Waals surface area contributed by atoms with Crippen molar-refractivity contribution in [2.45, 2.75) is 44.1 Å². The van der Waals surface area contributed by atoms with E-state index < -0.39 is 42.8 Å². The number of rotatable bonds is 12. The summed E-state index contributed by atoms with van der Waals surface area (Å²) in [5.41, 5.74) is 5.15. The number of hydrogen-bond acceptors (Lipinski definition) is 6. The van der Waals surface area contributed by atoms with Gasteiger partial charge in [0.2, 0.25) is 5.91 Å². The lowest BCUT2D eigenvalue weighted by Gasteiger charge is -2.26. The molecule has 0 spiro atoms. The van der Waals surface area contributed by atoms with E-state index >= 15 is 0 Å². The van der Waals surface area contributed by atoms with Crippen LogP contribution in [0.1, 0.15) is 36.0 Å². The van der Waals surface area contributed by atoms with Crippen LogP contribution in [0.5, 0.6) is 0 Å². The second kappa shape index (κ2) is 13.0. The predicted octanol–water partition coefficient (Wildman–Crippen LogP) is 3.45. The number of carbonyl (C=O) groups is 3. The Morgan fingerprint density at radius 2 is 1.46 bits per heavy atom. The molecule has 4 rings (SSSR count). The minimum Gasteiger partial charge on any atom is -0.480 e. The maximum atomic E-state index is 13.1. The molecule has 0 heterocycles. The molecule has 9 nitrogen and oxygen atoms in total. The van der Waals surface area contributed by atoms with Gasteiger partial charge >= 0.3 is 12.1 Å². The molecule has 3 atom stereocenters. The summed E-state index contributed by atoms with van der Waals surface area (Å²) in [6.45, 7) is 1.41. The quantitative estimate of drug-likeness (QED) is 0.281. The molecular formula is C30H32N2O7. The van der Waals surface area contributed by atoms with E-state index in [0.29, 0.717) is 0 Å². The summed E-state index contributed by atoms with van der Waals surface area (Å²) in [6, 6.07) is 22.6. The van der Waals surface area contributed by atoms with E-state index in [0.717, 1.165) is 27.8 Å². The molecule has 0 bridgehead atoms. The third-order valence-corrected chi connectivity index (χ3v) is 6.76. The molecule has 9 heteroatoms. The smallest absolute Gasteiger partial charge is 0.407 e. The number of benzene rings is 3. The highest BCUT2D eigenvalue weighted by molar-refractivity contribution is 5.89. The number of aliphatic hydroxyl groups excluding tert-OH is 1. The average Bonchev–Trinajstić information content (AvgIpc) is 3.27. The Balaban J connectivity index is 1.45. The zero-order valence-electron chi connectivity index (χ0n) is 21.6. The van der Waals surface area contributed by atoms with Gasteiger partial charge in [0.1, 0.15) is 18.7 Å². The molecule has 3 aromatic rings. The van der Waals surface area contributed by atoms with Gasteiger partial charge in [-0.25, -0.2) is 9.59 Å². The van der Waals surface area contributed by atoms with E-state index in [2.05, 4.69) is 10.6 Å². The summed E-state index contributed by atoms with van der Waals surface area (Å²) in [7, 11) is 0. The Labute approximate surface area is 226 Å². The van der Waals surface area contributed by atoms with Crippen molar-refractivity contribution in [1.82, 2.24) is 10.6 Å². The monoisotopic (exact) mass is 532 g/mol. The number of aliphatic hydroxyl groups is 1. The standard InChI is InChI=1S/C30H32N2O7/c1-19(38-17-20-9-3-2-4-10-20)27(28(34)31-26(15-16-33)29(35)36)32-30(37)39-18-25-23-13-7-5-11-21(23)22-12-6-8-14-24(22)25/h2-14,19,25-27,33H,15-18H2,1H3,(H,31,34)(H,32,37)(H,35,36)/t19?,26-,27?/m1/s1. The molecule has 2 unspecified atom stereocenters. The number of carbonyl (C=O) groups excluding carboxylic acids is 2. The molecule has 0 radical (unpaired) electrons. The zero-order chi connectivity index (χ0) is 27.8. The van der Waals surface area contributed by atoms with Crippen LogP contribution in [0.4, 0.5) is 4.79 Å². The number of ether oxygens (including phenoxy) is 2. The molecule has 204 valence electrons. The topological polar surface area (TPSA) is 134 Å². The van der Waals surface area contributed by atoms with Gasteiger partial charge in [0.15, 0.2) is 0 Å². The molecule has 0 saturated carbocycles. The van der Waals surface area contributed by atoms with Crippen molar-refractivity contribution in [1.29, 1.82) is 0 Å². The number of fused-ring (bicyclic) bond motifs is 3. The first kappa shape index (κ1) is 27.8. The second-order valence-corrected chi connectivity index (χ2v) is 9.36. The Morgan fingerprint density at radius 1 is 0.872 bits per heavy atom. The third kappa shape index (κ3) is 6.81. The molecule has 1 aliphatic rings. The Bertz CT molecular complexity index is 1250. The van der Waals surface area contributed by atoms with Gasteiger partial charge < -0.3 is 30.3 Å². The summed E-state index contributed by atoms with van der Waals surface area (Å²) in [5, 5.41) is 23.5. The van der Waals surface area contributed by atoms with E-state index in [1.165, 1.54) is 0 Å². The van der Waals surface area contributed by atoms with Crippen molar-refractivity contribution in [3.05, 3.63) is 95.6 Å². The number of alkyl carbamates (subject to hydrolysis) is 1. The van der Waals surface area contributed by atoms with E-state index in [1.807, 2.05) is 78.9 Å². The molecule has 0 saturated heterocycles. The van der Waals surface area contributed by atoms with Crippen LogP contribution in [0, 0.1) is 0 Å². The molecular weight excluding hydrogens is 500 g/mol. The molecule has 0 aliphatic heterocycles. The normalized spacial score (nSPS) is 14.4. The lowest BCUT2D eigenvalue weighted by molar-refractivity contribution is -0.143. The lowest BCUT2D eigenvalue weighted by Crippen LogP contribution is -2.56. The lowest BCUT2D eigenvalue weighted by atomic mass is 9.98. The molecule has 2 amide bonds. The number of carboxylic acids is 1. The largest absolute Gasteiger partial charge is 0.480 e. The van der Waals surface area contributed by atoms with Crippen LogP contribution in [0.25, 0.3) is 11.1 Å². The van der Waals surface area contributed by atoms with Crippen molar-refractivity contribution < 1.29 is 34.1 Å². The van der Waals surface area contributed by atoms with Crippen LogP contribution in [0.2, 0.25) is 0 Å². The minimum absolute atomic E-state index is 0.0513. The van der Waals surface area contributed by atoms with Crippen molar-refractivity contribution in [3.63, 3.8) is 0 Å². The molecule has 39 heavy (non-hydrogen) atoms. The van der Waals surface area contributed by atoms with Crippen molar-refractivity contribution in [3.8, 4) is 11.1 Å². The third-order valence-electron chi connectivity index (χ3n) is 6.76. The fourth-order valence-corrected chi connectivity index (χ4v) is 4.71. The number of nitrogens with one attached hydrogen (secondary N) is 2. The maximum absolute atomic E-state index is 13.1. The highest BCUT2D eigenvalue weighted by atomic mass is 16.5. The maximum Gasteiger partial charge on any atom is 0.407 e. The summed E-state index contributed by atoms with van der Waals surface area (Å²) < 4.78 is 11.4. The first-order valence-electron chi connectivity index (χ1n) is 12.8. The first-order valence-corrected chi connectivity index (χ1v) is 12.8. The highest BCUT2D eigenvalue weighted by Gasteiger charge is 2.33. The SMILES string of the molecule is CC(OCc1ccccc1)C(NC(=O)OCC1c2ccccc2-c2ccccc21)C(=O)N[C@H](CCO)C(=O)O. The molecule has 0 aromatic heterocycles. The molecule has 4 N–H and O–H groups in total. The van der Waals surface area contributed by atoms with Crippen molar-refractivity contribution >= 4 is 18.0 Å². The zero-order valence-corrected chi connectivity index (χ0v) is 21.6. The summed E-state index contributed by atoms with van der Waals surface area (Å²) in [5.74, 6) is -2.22. The number of hydrogen-bond donors (Lipinski definition) is 4. The Kier molecular flexibility index (Phi) is 9.30. The van der Waals surface area contributed by atoms with E-state index in [-0.39, 0.29) is 25.6 Å². The van der Waals surface area contributed by atoms with Gasteiger partial charge in [0, 0.05) is 18.9 Å². The van der Waals surface area contributed by atoms with Crippen LogP contribution >= 0.6 is 0 Å². The fourth-order valence-electron chi connectivity index (χ4n) is 4.71. The Morgan fingerprint density at radius 3 is 2.05 bits per heavy atom. The first-order chi connectivity index (χ1) is 18.9. The number of carboxylic acid groups (broad SMARTS) is 1. The molecule has 0 fully saturated rings. The van der Waals surface area contributed by atoms with E-state index in [9.17, 15) is 24.6 Å². The van der Waals surface area contributed by atoms with Gasteiger partial charge in [-0.3, -0.25) is 4.79 Å². The van der Waals surface area contributed by atoms with Gasteiger partial charge in [-0.1, -0.05) is 78.9 Å². The van der Waals surface area contributed by atoms with E-state index in [4.69, 9.17) is 9.47 Å². The fraction of sp³-hybridized carbons (Fsp3) is 0.300. The van der Waals surface area contributed by atoms with Crippen LogP contribution in [-0.4, -0.2) is 59.6 Å². The minimum atomic E-state index is -1.32. The van der Waals surface area contributed by atoms with Gasteiger partial charge in [-0.2, -0.15) is 0 Å². The van der Waals surface area contributed by atoms with Crippen molar-refractivity contribution in [2.24, 2.45) is 0 Å². The van der Waals surface area contributed by atoms with Crippen LogP contribution in [0.15, 0.2) is 78.9 Å². The van der Waals surface area contributed by atoms with Crippen LogP contribution in [0.3, 0.4) is 0 Å². The van der Waals surface area contributed by atoms with Gasteiger partial charge in [0.05, 0.1) is 12.7 Å². The van der Waals surface area contributed by atoms with Crippen molar-refractivity contribution in [2.75, 3.05) is 13.2 Å². The van der Waals surface area contributed by atoms with Gasteiger partial charge in [-0.05, 0) is 34.7 Å². The average molecular weight is 533 g/mol. The molecule has 1 aliphatic carbocycles. The molecule has 3 aromatic carbocycles. The second-order valence-electron chi connectivity index (χ2n) is 9.36. The van der Waals surface area contributed by atoms with Crippen LogP contribution in [-0.2, 0) is 25.7 Å².